The fourth-order valence-electron chi connectivity index (χ4n) is 2.74. The normalized spacial score (nSPS) is 17.9. The van der Waals surface area contributed by atoms with E-state index in [1.54, 1.807) is 12.1 Å². The fraction of sp³-hybridized carbons (Fsp3) is 0.471. The quantitative estimate of drug-likeness (QED) is 0.798. The highest BCUT2D eigenvalue weighted by Gasteiger charge is 2.35. The number of carbonyl (C=O) groups excluding carboxylic acids is 2. The van der Waals surface area contributed by atoms with Crippen LogP contribution in [-0.2, 0) is 9.59 Å². The second-order valence-corrected chi connectivity index (χ2v) is 6.42. The predicted octanol–water partition coefficient (Wildman–Crippen LogP) is 1.79. The molecule has 2 rings (SSSR count). The number of benzene rings is 1. The number of amides is 2. The van der Waals surface area contributed by atoms with E-state index in [1.807, 2.05) is 0 Å². The first kappa shape index (κ1) is 19.1. The Morgan fingerprint density at radius 1 is 1.44 bits per heavy atom. The largest absolute Gasteiger partial charge is 0.496 e. The van der Waals surface area contributed by atoms with Gasteiger partial charge in [-0.3, -0.25) is 14.4 Å². The van der Waals surface area contributed by atoms with Gasteiger partial charge in [0.25, 0.3) is 5.91 Å². The summed E-state index contributed by atoms with van der Waals surface area (Å²) in [5.41, 5.74) is 0.300. The van der Waals surface area contributed by atoms with Crippen molar-refractivity contribution in [3.05, 3.63) is 28.8 Å². The van der Waals surface area contributed by atoms with Crippen LogP contribution in [0.2, 0.25) is 5.02 Å². The molecule has 0 aliphatic carbocycles. The minimum absolute atomic E-state index is 0.0210. The summed E-state index contributed by atoms with van der Waals surface area (Å²) in [6.07, 6.45) is 1.23. The van der Waals surface area contributed by atoms with Crippen LogP contribution in [0, 0.1) is 5.92 Å². The van der Waals surface area contributed by atoms with Crippen LogP contribution in [0.4, 0.5) is 0 Å². The number of carboxylic acids is 1. The van der Waals surface area contributed by atoms with Gasteiger partial charge in [0, 0.05) is 18.1 Å². The summed E-state index contributed by atoms with van der Waals surface area (Å²) in [5.74, 6) is -1.96. The molecular weight excluding hydrogens is 348 g/mol. The van der Waals surface area contributed by atoms with Crippen molar-refractivity contribution >= 4 is 29.4 Å². The van der Waals surface area contributed by atoms with Crippen LogP contribution in [0.1, 0.15) is 30.1 Å². The van der Waals surface area contributed by atoms with Crippen molar-refractivity contribution in [2.75, 3.05) is 20.2 Å². The maximum Gasteiger partial charge on any atom is 0.308 e. The molecule has 2 amide bonds. The highest BCUT2D eigenvalue weighted by atomic mass is 35.5. The summed E-state index contributed by atoms with van der Waals surface area (Å²) in [5, 5.41) is 11.9. The van der Waals surface area contributed by atoms with Crippen LogP contribution >= 0.6 is 11.6 Å². The molecule has 2 N–H and O–H groups in total. The third-order valence-electron chi connectivity index (χ3n) is 4.21. The number of nitrogens with zero attached hydrogens (tertiary/aromatic N) is 1. The molecule has 1 aromatic carbocycles. The van der Waals surface area contributed by atoms with Gasteiger partial charge in [0.15, 0.2) is 0 Å². The molecule has 0 spiro atoms. The molecule has 0 radical (unpaired) electrons. The molecule has 1 heterocycles. The van der Waals surface area contributed by atoms with Gasteiger partial charge in [-0.25, -0.2) is 0 Å². The Hall–Kier alpha value is -2.28. The number of carbonyl (C=O) groups is 3. The molecule has 0 saturated carbocycles. The third kappa shape index (κ3) is 4.42. The van der Waals surface area contributed by atoms with Crippen molar-refractivity contribution in [2.24, 2.45) is 5.92 Å². The number of ether oxygens (including phenoxy) is 1. The molecule has 1 fully saturated rings. The van der Waals surface area contributed by atoms with Crippen molar-refractivity contribution in [1.29, 1.82) is 0 Å². The Bertz CT molecular complexity index is 679. The molecule has 8 heteroatoms. The molecule has 1 aliphatic rings. The molecular formula is C17H21ClN2O5. The SMILES string of the molecule is COc1ccc(Cl)cc1C(=O)N1CCCC1C(=O)NCC(C)C(=O)O. The van der Waals surface area contributed by atoms with Gasteiger partial charge in [0.2, 0.25) is 5.91 Å². The van der Waals surface area contributed by atoms with Crippen molar-refractivity contribution in [3.63, 3.8) is 0 Å². The van der Waals surface area contributed by atoms with Crippen molar-refractivity contribution in [1.82, 2.24) is 10.2 Å². The minimum Gasteiger partial charge on any atom is -0.496 e. The molecule has 0 aromatic heterocycles. The van der Waals surface area contributed by atoms with Gasteiger partial charge >= 0.3 is 5.97 Å². The number of methoxy groups -OCH3 is 1. The van der Waals surface area contributed by atoms with E-state index in [0.717, 1.165) is 0 Å². The Morgan fingerprint density at radius 2 is 2.16 bits per heavy atom. The second-order valence-electron chi connectivity index (χ2n) is 5.99. The Labute approximate surface area is 150 Å². The molecule has 7 nitrogen and oxygen atoms in total. The number of likely N-dealkylation sites (tertiary alicyclic amines) is 1. The zero-order valence-corrected chi connectivity index (χ0v) is 14.9. The number of carboxylic acid groups (broad SMARTS) is 1. The van der Waals surface area contributed by atoms with Crippen molar-refractivity contribution in [2.45, 2.75) is 25.8 Å². The fourth-order valence-corrected chi connectivity index (χ4v) is 2.92. The molecule has 136 valence electrons. The molecule has 25 heavy (non-hydrogen) atoms. The lowest BCUT2D eigenvalue weighted by atomic mass is 10.1. The highest BCUT2D eigenvalue weighted by Crippen LogP contribution is 2.27. The number of hydrogen-bond acceptors (Lipinski definition) is 4. The van der Waals surface area contributed by atoms with E-state index < -0.39 is 17.9 Å². The third-order valence-corrected chi connectivity index (χ3v) is 4.45. The maximum atomic E-state index is 12.9. The second kappa shape index (κ2) is 8.20. The van der Waals surface area contributed by atoms with E-state index in [1.165, 1.54) is 25.0 Å². The highest BCUT2D eigenvalue weighted by molar-refractivity contribution is 6.31. The van der Waals surface area contributed by atoms with Gasteiger partial charge in [0.1, 0.15) is 11.8 Å². The average molecular weight is 369 g/mol. The van der Waals surface area contributed by atoms with Crippen LogP contribution in [-0.4, -0.2) is 54.0 Å². The van der Waals surface area contributed by atoms with Crippen LogP contribution in [0.5, 0.6) is 5.75 Å². The zero-order valence-electron chi connectivity index (χ0n) is 14.1. The van der Waals surface area contributed by atoms with Crippen LogP contribution < -0.4 is 10.1 Å². The number of rotatable bonds is 6. The number of halogens is 1. The summed E-state index contributed by atoms with van der Waals surface area (Å²) in [6, 6.07) is 4.12. The van der Waals surface area contributed by atoms with E-state index in [-0.39, 0.29) is 18.4 Å². The number of hydrogen-bond donors (Lipinski definition) is 2. The molecule has 2 unspecified atom stereocenters. The van der Waals surface area contributed by atoms with Crippen molar-refractivity contribution in [3.8, 4) is 5.75 Å². The average Bonchev–Trinajstić information content (AvgIpc) is 3.08. The van der Waals surface area contributed by atoms with Gasteiger partial charge in [0.05, 0.1) is 18.6 Å². The standard InChI is InChI=1S/C17H21ClN2O5/c1-10(17(23)24)9-19-15(21)13-4-3-7-20(13)16(22)12-8-11(18)5-6-14(12)25-2/h5-6,8,10,13H,3-4,7,9H2,1-2H3,(H,19,21)(H,23,24). The first-order chi connectivity index (χ1) is 11.8. The lowest BCUT2D eigenvalue weighted by molar-refractivity contribution is -0.141. The van der Waals surface area contributed by atoms with Gasteiger partial charge in [-0.05, 0) is 31.0 Å². The molecule has 1 saturated heterocycles. The van der Waals surface area contributed by atoms with Gasteiger partial charge < -0.3 is 20.1 Å². The minimum atomic E-state index is -0.983. The summed E-state index contributed by atoms with van der Waals surface area (Å²) in [4.78, 5) is 37.6. The number of aliphatic carboxylic acids is 1. The van der Waals surface area contributed by atoms with Gasteiger partial charge in [-0.1, -0.05) is 18.5 Å². The van der Waals surface area contributed by atoms with E-state index in [0.29, 0.717) is 35.7 Å². The monoisotopic (exact) mass is 368 g/mol. The first-order valence-electron chi connectivity index (χ1n) is 8.00. The Kier molecular flexibility index (Phi) is 6.25. The Morgan fingerprint density at radius 3 is 2.80 bits per heavy atom. The lowest BCUT2D eigenvalue weighted by Gasteiger charge is -2.25. The van der Waals surface area contributed by atoms with E-state index >= 15 is 0 Å². The predicted molar refractivity (Wildman–Crippen MR) is 91.9 cm³/mol. The first-order valence-corrected chi connectivity index (χ1v) is 8.38. The van der Waals surface area contributed by atoms with E-state index in [2.05, 4.69) is 5.32 Å². The smallest absolute Gasteiger partial charge is 0.308 e. The zero-order chi connectivity index (χ0) is 18.6. The Balaban J connectivity index is 2.13. The van der Waals surface area contributed by atoms with Crippen LogP contribution in [0.25, 0.3) is 0 Å². The molecule has 1 aromatic rings. The maximum absolute atomic E-state index is 12.9. The summed E-state index contributed by atoms with van der Waals surface area (Å²) in [7, 11) is 1.46. The summed E-state index contributed by atoms with van der Waals surface area (Å²) >= 11 is 5.98. The van der Waals surface area contributed by atoms with E-state index in [4.69, 9.17) is 21.4 Å². The summed E-state index contributed by atoms with van der Waals surface area (Å²) < 4.78 is 5.21. The van der Waals surface area contributed by atoms with Crippen LogP contribution in [0.3, 0.4) is 0 Å². The molecule has 0 bridgehead atoms. The van der Waals surface area contributed by atoms with Gasteiger partial charge in [-0.2, -0.15) is 0 Å². The van der Waals surface area contributed by atoms with Gasteiger partial charge in [-0.15, -0.1) is 0 Å². The summed E-state index contributed by atoms with van der Waals surface area (Å²) in [6.45, 7) is 1.98. The van der Waals surface area contributed by atoms with E-state index in [9.17, 15) is 14.4 Å². The van der Waals surface area contributed by atoms with Crippen molar-refractivity contribution < 1.29 is 24.2 Å². The lowest BCUT2D eigenvalue weighted by Crippen LogP contribution is -2.47. The molecule has 2 atom stereocenters. The number of nitrogens with one attached hydrogen (secondary N) is 1. The molecule has 1 aliphatic heterocycles. The topological polar surface area (TPSA) is 95.9 Å². The van der Waals surface area contributed by atoms with Crippen LogP contribution in [0.15, 0.2) is 18.2 Å².